The number of carbonyl (C=O) groups is 1. The molecular weight excluding hydrogens is 232 g/mol. The summed E-state index contributed by atoms with van der Waals surface area (Å²) >= 11 is 0. The molecule has 0 unspecified atom stereocenters. The van der Waals surface area contributed by atoms with Gasteiger partial charge in [-0.05, 0) is 18.1 Å². The third-order valence-electron chi connectivity index (χ3n) is 2.52. The van der Waals surface area contributed by atoms with Gasteiger partial charge in [0, 0.05) is 5.56 Å². The number of carbonyl (C=O) groups excluding carboxylic acids is 1. The largest absolute Gasteiger partial charge is 0.466 e. The lowest BCUT2D eigenvalue weighted by molar-refractivity contribution is 0.102. The Hall–Kier alpha value is -2.37. The molecule has 2 N–H and O–H groups in total. The van der Waals surface area contributed by atoms with Crippen molar-refractivity contribution in [1.82, 2.24) is 15.2 Å². The fourth-order valence-electron chi connectivity index (χ4n) is 1.62. The predicted octanol–water partition coefficient (Wildman–Crippen LogP) is 1.63. The molecule has 6 heteroatoms. The summed E-state index contributed by atoms with van der Waals surface area (Å²) in [5, 5.41) is 8.97. The number of aromatic amines is 1. The first-order chi connectivity index (χ1) is 8.74. The number of methoxy groups -OCH3 is 1. The Morgan fingerprint density at radius 3 is 2.89 bits per heavy atom. The molecule has 0 saturated carbocycles. The topological polar surface area (TPSA) is 79.9 Å². The van der Waals surface area contributed by atoms with Crippen LogP contribution < -0.4 is 10.1 Å². The van der Waals surface area contributed by atoms with E-state index in [0.717, 1.165) is 12.0 Å². The van der Waals surface area contributed by atoms with E-state index in [1.54, 1.807) is 6.07 Å². The molecule has 94 valence electrons. The number of H-pyrrole nitrogens is 1. The van der Waals surface area contributed by atoms with Crippen molar-refractivity contribution >= 4 is 11.9 Å². The SMILES string of the molecule is CCc1ccccc1C(=O)Nc1nc(OC)n[nH]1. The van der Waals surface area contributed by atoms with Crippen LogP contribution in [0.25, 0.3) is 0 Å². The molecule has 0 bridgehead atoms. The molecule has 1 aromatic carbocycles. The molecule has 2 aromatic rings. The molecule has 6 nitrogen and oxygen atoms in total. The van der Waals surface area contributed by atoms with Gasteiger partial charge in [0.15, 0.2) is 0 Å². The van der Waals surface area contributed by atoms with Crippen LogP contribution in [0.15, 0.2) is 24.3 Å². The zero-order valence-corrected chi connectivity index (χ0v) is 10.2. The van der Waals surface area contributed by atoms with Crippen LogP contribution in [0, 0.1) is 0 Å². The monoisotopic (exact) mass is 246 g/mol. The molecule has 0 atom stereocenters. The van der Waals surface area contributed by atoms with Crippen molar-refractivity contribution in [3.63, 3.8) is 0 Å². The second-order valence-electron chi connectivity index (χ2n) is 3.64. The van der Waals surface area contributed by atoms with Crippen molar-refractivity contribution in [3.05, 3.63) is 35.4 Å². The quantitative estimate of drug-likeness (QED) is 0.859. The van der Waals surface area contributed by atoms with Crippen molar-refractivity contribution in [2.45, 2.75) is 13.3 Å². The fourth-order valence-corrected chi connectivity index (χ4v) is 1.62. The van der Waals surface area contributed by atoms with Crippen molar-refractivity contribution < 1.29 is 9.53 Å². The molecule has 1 amide bonds. The molecule has 0 radical (unpaired) electrons. The molecule has 18 heavy (non-hydrogen) atoms. The average molecular weight is 246 g/mol. The highest BCUT2D eigenvalue weighted by Gasteiger charge is 2.12. The van der Waals surface area contributed by atoms with Gasteiger partial charge in [0.25, 0.3) is 5.91 Å². The Kier molecular flexibility index (Phi) is 3.57. The first kappa shape index (κ1) is 12.1. The molecule has 0 spiro atoms. The number of aryl methyl sites for hydroxylation is 1. The number of amides is 1. The third kappa shape index (κ3) is 2.48. The number of rotatable bonds is 4. The second-order valence-corrected chi connectivity index (χ2v) is 3.64. The van der Waals surface area contributed by atoms with Gasteiger partial charge in [0.1, 0.15) is 0 Å². The van der Waals surface area contributed by atoms with E-state index in [4.69, 9.17) is 4.74 Å². The maximum atomic E-state index is 12.1. The van der Waals surface area contributed by atoms with E-state index in [2.05, 4.69) is 20.5 Å². The molecular formula is C12H14N4O2. The summed E-state index contributed by atoms with van der Waals surface area (Å²) in [7, 11) is 1.46. The molecule has 2 rings (SSSR count). The van der Waals surface area contributed by atoms with E-state index in [1.807, 2.05) is 25.1 Å². The standard InChI is InChI=1S/C12H14N4O2/c1-3-8-6-4-5-7-9(8)10(17)13-11-14-12(18-2)16-15-11/h4-7H,3H2,1-2H3,(H2,13,14,15,16,17). The van der Waals surface area contributed by atoms with Crippen molar-refractivity contribution in [2.75, 3.05) is 12.4 Å². The van der Waals surface area contributed by atoms with Crippen LogP contribution in [-0.4, -0.2) is 28.2 Å². The van der Waals surface area contributed by atoms with E-state index in [0.29, 0.717) is 5.56 Å². The molecule has 0 aliphatic rings. The number of nitrogens with zero attached hydrogens (tertiary/aromatic N) is 2. The Labute approximate surface area is 104 Å². The number of benzene rings is 1. The summed E-state index contributed by atoms with van der Waals surface area (Å²) in [5.74, 6) is 0.0500. The summed E-state index contributed by atoms with van der Waals surface area (Å²) in [6.07, 6.45) is 0.795. The minimum atomic E-state index is -0.216. The maximum Gasteiger partial charge on any atom is 0.336 e. The Morgan fingerprint density at radius 1 is 1.44 bits per heavy atom. The van der Waals surface area contributed by atoms with Crippen LogP contribution in [-0.2, 0) is 6.42 Å². The first-order valence-corrected chi connectivity index (χ1v) is 5.60. The van der Waals surface area contributed by atoms with Gasteiger partial charge >= 0.3 is 6.01 Å². The number of anilines is 1. The van der Waals surface area contributed by atoms with Crippen LogP contribution in [0.2, 0.25) is 0 Å². The normalized spacial score (nSPS) is 10.1. The zero-order chi connectivity index (χ0) is 13.0. The van der Waals surface area contributed by atoms with Crippen molar-refractivity contribution in [2.24, 2.45) is 0 Å². The molecule has 1 heterocycles. The summed E-state index contributed by atoms with van der Waals surface area (Å²) in [5.41, 5.74) is 1.62. The highest BCUT2D eigenvalue weighted by Crippen LogP contribution is 2.12. The van der Waals surface area contributed by atoms with Gasteiger partial charge in [-0.2, -0.15) is 4.98 Å². The summed E-state index contributed by atoms with van der Waals surface area (Å²) in [6, 6.07) is 7.63. The van der Waals surface area contributed by atoms with Gasteiger partial charge < -0.3 is 4.74 Å². The molecule has 1 aromatic heterocycles. The molecule has 0 saturated heterocycles. The van der Waals surface area contributed by atoms with Crippen LogP contribution >= 0.6 is 0 Å². The van der Waals surface area contributed by atoms with Crippen LogP contribution in [0.4, 0.5) is 5.95 Å². The van der Waals surface area contributed by atoms with E-state index in [1.165, 1.54) is 7.11 Å². The minimum Gasteiger partial charge on any atom is -0.466 e. The lowest BCUT2D eigenvalue weighted by atomic mass is 10.1. The number of ether oxygens (including phenoxy) is 1. The van der Waals surface area contributed by atoms with E-state index in [9.17, 15) is 4.79 Å². The van der Waals surface area contributed by atoms with Crippen molar-refractivity contribution in [1.29, 1.82) is 0 Å². The second kappa shape index (κ2) is 5.31. The number of hydrogen-bond acceptors (Lipinski definition) is 4. The van der Waals surface area contributed by atoms with Gasteiger partial charge in [-0.25, -0.2) is 5.10 Å². The molecule has 0 aliphatic heterocycles. The number of nitrogens with one attached hydrogen (secondary N) is 2. The van der Waals surface area contributed by atoms with E-state index >= 15 is 0 Å². The van der Waals surface area contributed by atoms with Gasteiger partial charge in [-0.3, -0.25) is 10.1 Å². The number of aromatic nitrogens is 3. The van der Waals surface area contributed by atoms with Crippen LogP contribution in [0.3, 0.4) is 0 Å². The van der Waals surface area contributed by atoms with Gasteiger partial charge in [-0.15, -0.1) is 5.10 Å². The maximum absolute atomic E-state index is 12.1. The summed E-state index contributed by atoms with van der Waals surface area (Å²) < 4.78 is 4.82. The third-order valence-corrected chi connectivity index (χ3v) is 2.52. The summed E-state index contributed by atoms with van der Waals surface area (Å²) in [4.78, 5) is 16.0. The lowest BCUT2D eigenvalue weighted by Crippen LogP contribution is -2.15. The van der Waals surface area contributed by atoms with E-state index < -0.39 is 0 Å². The van der Waals surface area contributed by atoms with Crippen molar-refractivity contribution in [3.8, 4) is 6.01 Å². The Balaban J connectivity index is 2.16. The average Bonchev–Trinajstić information content (AvgIpc) is 2.86. The number of hydrogen-bond donors (Lipinski definition) is 2. The molecule has 0 fully saturated rings. The Morgan fingerprint density at radius 2 is 2.22 bits per heavy atom. The predicted molar refractivity (Wildman–Crippen MR) is 66.7 cm³/mol. The summed E-state index contributed by atoms with van der Waals surface area (Å²) in [6.45, 7) is 2.00. The zero-order valence-electron chi connectivity index (χ0n) is 10.2. The Bertz CT molecular complexity index is 551. The highest BCUT2D eigenvalue weighted by atomic mass is 16.5. The lowest BCUT2D eigenvalue weighted by Gasteiger charge is -2.06. The first-order valence-electron chi connectivity index (χ1n) is 5.60. The van der Waals surface area contributed by atoms with Gasteiger partial charge in [0.05, 0.1) is 7.11 Å². The van der Waals surface area contributed by atoms with Crippen LogP contribution in [0.5, 0.6) is 6.01 Å². The van der Waals surface area contributed by atoms with E-state index in [-0.39, 0.29) is 17.9 Å². The fraction of sp³-hybridized carbons (Fsp3) is 0.250. The van der Waals surface area contributed by atoms with Gasteiger partial charge in [0.2, 0.25) is 5.95 Å². The van der Waals surface area contributed by atoms with Crippen LogP contribution in [0.1, 0.15) is 22.8 Å². The van der Waals surface area contributed by atoms with Gasteiger partial charge in [-0.1, -0.05) is 25.1 Å². The minimum absolute atomic E-state index is 0.189. The smallest absolute Gasteiger partial charge is 0.336 e. The highest BCUT2D eigenvalue weighted by molar-refractivity contribution is 6.04. The molecule has 0 aliphatic carbocycles.